The van der Waals surface area contributed by atoms with E-state index in [1.165, 1.54) is 0 Å². The zero-order chi connectivity index (χ0) is 16.2. The SMILES string of the molecule is Cc1cccc(-c2cc(NC=O)ccc2C)n1.FC1(F)CC1. The van der Waals surface area contributed by atoms with Crippen molar-refractivity contribution in [3.8, 4) is 11.3 Å². The van der Waals surface area contributed by atoms with E-state index in [0.29, 0.717) is 6.41 Å². The lowest BCUT2D eigenvalue weighted by molar-refractivity contribution is -0.105. The van der Waals surface area contributed by atoms with Gasteiger partial charge in [-0.05, 0) is 43.7 Å². The predicted octanol–water partition coefficient (Wildman–Crippen LogP) is 4.35. The molecule has 1 amide bonds. The van der Waals surface area contributed by atoms with Gasteiger partial charge in [0.2, 0.25) is 12.3 Å². The zero-order valence-corrected chi connectivity index (χ0v) is 12.6. The lowest BCUT2D eigenvalue weighted by atomic mass is 10.0. The molecule has 3 nitrogen and oxygen atoms in total. The molecule has 0 radical (unpaired) electrons. The number of halogens is 2. The van der Waals surface area contributed by atoms with Crippen LogP contribution in [0.1, 0.15) is 24.1 Å². The van der Waals surface area contributed by atoms with Crippen molar-refractivity contribution in [2.24, 2.45) is 0 Å². The number of anilines is 1. The summed E-state index contributed by atoms with van der Waals surface area (Å²) in [6, 6.07) is 11.7. The van der Waals surface area contributed by atoms with E-state index >= 15 is 0 Å². The summed E-state index contributed by atoms with van der Waals surface area (Å²) in [6.07, 6.45) is 0.915. The van der Waals surface area contributed by atoms with Gasteiger partial charge in [0.05, 0.1) is 5.69 Å². The molecule has 2 aromatic rings. The normalized spacial score (nSPS) is 14.5. The van der Waals surface area contributed by atoms with Gasteiger partial charge in [-0.1, -0.05) is 12.1 Å². The number of alkyl halides is 2. The molecule has 0 aliphatic heterocycles. The van der Waals surface area contributed by atoms with Gasteiger partial charge in [-0.15, -0.1) is 0 Å². The highest BCUT2D eigenvalue weighted by Gasteiger charge is 2.43. The number of nitrogens with one attached hydrogen (secondary N) is 1. The van der Waals surface area contributed by atoms with Crippen LogP contribution in [0.4, 0.5) is 14.5 Å². The second kappa shape index (κ2) is 6.64. The number of hydrogen-bond donors (Lipinski definition) is 1. The Hall–Kier alpha value is -2.30. The topological polar surface area (TPSA) is 42.0 Å². The van der Waals surface area contributed by atoms with Crippen molar-refractivity contribution in [1.29, 1.82) is 0 Å². The van der Waals surface area contributed by atoms with Crippen LogP contribution in [-0.4, -0.2) is 17.3 Å². The van der Waals surface area contributed by atoms with Crippen LogP contribution in [0.5, 0.6) is 0 Å². The zero-order valence-electron chi connectivity index (χ0n) is 12.6. The molecular formula is C17H18F2N2O. The van der Waals surface area contributed by atoms with E-state index < -0.39 is 5.92 Å². The lowest BCUT2D eigenvalue weighted by Crippen LogP contribution is -1.95. The first-order valence-corrected chi connectivity index (χ1v) is 7.04. The van der Waals surface area contributed by atoms with E-state index in [1.807, 2.05) is 50.2 Å². The average Bonchev–Trinajstić information content (AvgIpc) is 3.17. The summed E-state index contributed by atoms with van der Waals surface area (Å²) in [4.78, 5) is 14.9. The fourth-order valence-corrected chi connectivity index (χ4v) is 1.84. The second-order valence-corrected chi connectivity index (χ2v) is 5.31. The molecule has 1 aliphatic rings. The number of nitrogens with zero attached hydrogens (tertiary/aromatic N) is 1. The molecule has 1 aromatic carbocycles. The minimum atomic E-state index is -2.25. The molecule has 1 aliphatic carbocycles. The molecule has 1 N–H and O–H groups in total. The Morgan fingerprint density at radius 1 is 1.18 bits per heavy atom. The van der Waals surface area contributed by atoms with Crippen LogP contribution >= 0.6 is 0 Å². The van der Waals surface area contributed by atoms with Gasteiger partial charge in [-0.2, -0.15) is 0 Å². The highest BCUT2D eigenvalue weighted by Crippen LogP contribution is 2.40. The Kier molecular flexibility index (Phi) is 4.85. The number of aromatic nitrogens is 1. The Bertz CT molecular complexity index is 665. The van der Waals surface area contributed by atoms with Crippen LogP contribution < -0.4 is 5.32 Å². The van der Waals surface area contributed by atoms with E-state index in [4.69, 9.17) is 0 Å². The van der Waals surface area contributed by atoms with Gasteiger partial charge in [0.15, 0.2) is 0 Å². The molecule has 0 unspecified atom stereocenters. The summed E-state index contributed by atoms with van der Waals surface area (Å²) in [5.41, 5.74) is 4.87. The maximum absolute atomic E-state index is 11.1. The summed E-state index contributed by atoms with van der Waals surface area (Å²) < 4.78 is 22.3. The third kappa shape index (κ3) is 4.62. The molecule has 3 rings (SSSR count). The number of amides is 1. The van der Waals surface area contributed by atoms with Gasteiger partial charge < -0.3 is 5.32 Å². The molecule has 1 aromatic heterocycles. The predicted molar refractivity (Wildman–Crippen MR) is 83.0 cm³/mol. The van der Waals surface area contributed by atoms with Gasteiger partial charge in [0.25, 0.3) is 0 Å². The minimum absolute atomic E-state index is 0.118. The molecule has 1 fully saturated rings. The van der Waals surface area contributed by atoms with Crippen molar-refractivity contribution in [2.45, 2.75) is 32.6 Å². The molecular weight excluding hydrogens is 286 g/mol. The molecule has 22 heavy (non-hydrogen) atoms. The van der Waals surface area contributed by atoms with Gasteiger partial charge in [0, 0.05) is 29.8 Å². The Balaban J connectivity index is 0.000000299. The summed E-state index contributed by atoms with van der Waals surface area (Å²) >= 11 is 0. The van der Waals surface area contributed by atoms with Gasteiger partial charge in [-0.25, -0.2) is 8.78 Å². The van der Waals surface area contributed by atoms with Crippen molar-refractivity contribution < 1.29 is 13.6 Å². The fourth-order valence-electron chi connectivity index (χ4n) is 1.84. The van der Waals surface area contributed by atoms with E-state index in [-0.39, 0.29) is 12.8 Å². The number of carbonyl (C=O) groups is 1. The van der Waals surface area contributed by atoms with Crippen LogP contribution in [0.25, 0.3) is 11.3 Å². The molecule has 116 valence electrons. The Morgan fingerprint density at radius 3 is 2.41 bits per heavy atom. The third-order valence-corrected chi connectivity index (χ3v) is 3.26. The molecule has 5 heteroatoms. The Morgan fingerprint density at radius 2 is 1.86 bits per heavy atom. The highest BCUT2D eigenvalue weighted by molar-refractivity contribution is 5.76. The number of aryl methyl sites for hydroxylation is 2. The van der Waals surface area contributed by atoms with Crippen molar-refractivity contribution in [2.75, 3.05) is 5.32 Å². The number of pyridine rings is 1. The first-order chi connectivity index (χ1) is 10.4. The highest BCUT2D eigenvalue weighted by atomic mass is 19.3. The standard InChI is InChI=1S/C14H14N2O.C3H4F2/c1-10-6-7-12(15-9-17)8-13(10)14-5-3-4-11(2)16-14;4-3(5)1-2-3/h3-9H,1-2H3,(H,15,17);1-2H2. The van der Waals surface area contributed by atoms with Crippen molar-refractivity contribution in [3.05, 3.63) is 47.7 Å². The molecule has 0 saturated heterocycles. The lowest BCUT2D eigenvalue weighted by Gasteiger charge is -2.08. The van der Waals surface area contributed by atoms with E-state index in [0.717, 1.165) is 28.2 Å². The van der Waals surface area contributed by atoms with Gasteiger partial charge >= 0.3 is 0 Å². The monoisotopic (exact) mass is 304 g/mol. The molecule has 1 heterocycles. The van der Waals surface area contributed by atoms with E-state index in [2.05, 4.69) is 10.3 Å². The summed E-state index contributed by atoms with van der Waals surface area (Å²) in [5, 5.41) is 2.65. The van der Waals surface area contributed by atoms with Crippen LogP contribution in [0.3, 0.4) is 0 Å². The first kappa shape index (κ1) is 16.1. The largest absolute Gasteiger partial charge is 0.329 e. The van der Waals surface area contributed by atoms with Crippen LogP contribution in [0.2, 0.25) is 0 Å². The molecule has 0 bridgehead atoms. The van der Waals surface area contributed by atoms with Crippen molar-refractivity contribution in [3.63, 3.8) is 0 Å². The smallest absolute Gasteiger partial charge is 0.248 e. The number of hydrogen-bond acceptors (Lipinski definition) is 2. The van der Waals surface area contributed by atoms with Gasteiger partial charge in [-0.3, -0.25) is 9.78 Å². The second-order valence-electron chi connectivity index (χ2n) is 5.31. The summed E-state index contributed by atoms with van der Waals surface area (Å²) in [7, 11) is 0. The third-order valence-electron chi connectivity index (χ3n) is 3.26. The molecule has 0 spiro atoms. The average molecular weight is 304 g/mol. The number of carbonyl (C=O) groups excluding carboxylic acids is 1. The van der Waals surface area contributed by atoms with Crippen molar-refractivity contribution >= 4 is 12.1 Å². The fraction of sp³-hybridized carbons (Fsp3) is 0.294. The minimum Gasteiger partial charge on any atom is -0.329 e. The maximum Gasteiger partial charge on any atom is 0.248 e. The molecule has 1 saturated carbocycles. The van der Waals surface area contributed by atoms with Crippen LogP contribution in [-0.2, 0) is 4.79 Å². The van der Waals surface area contributed by atoms with E-state index in [1.54, 1.807) is 0 Å². The first-order valence-electron chi connectivity index (χ1n) is 7.04. The van der Waals surface area contributed by atoms with Gasteiger partial charge in [0.1, 0.15) is 0 Å². The van der Waals surface area contributed by atoms with Crippen LogP contribution in [0.15, 0.2) is 36.4 Å². The Labute approximate surface area is 128 Å². The number of rotatable bonds is 3. The summed E-state index contributed by atoms with van der Waals surface area (Å²) in [6.45, 7) is 4.00. The quantitative estimate of drug-likeness (QED) is 0.857. The maximum atomic E-state index is 11.1. The molecule has 0 atom stereocenters. The number of benzene rings is 1. The van der Waals surface area contributed by atoms with E-state index in [9.17, 15) is 13.6 Å². The van der Waals surface area contributed by atoms with Crippen molar-refractivity contribution in [1.82, 2.24) is 4.98 Å². The van der Waals surface area contributed by atoms with Crippen LogP contribution in [0, 0.1) is 13.8 Å². The summed E-state index contributed by atoms with van der Waals surface area (Å²) in [5.74, 6) is -2.25.